The fourth-order valence-corrected chi connectivity index (χ4v) is 5.50. The maximum atomic E-state index is 13.3. The Bertz CT molecular complexity index is 2080. The fraction of sp³-hybridized carbons (Fsp3) is 0.200. The van der Waals surface area contributed by atoms with E-state index >= 15 is 0 Å². The lowest BCUT2D eigenvalue weighted by Gasteiger charge is -2.03. The van der Waals surface area contributed by atoms with Crippen molar-refractivity contribution < 1.29 is 4.39 Å². The van der Waals surface area contributed by atoms with Crippen LogP contribution in [-0.2, 0) is 0 Å². The molecule has 0 aliphatic carbocycles. The Morgan fingerprint density at radius 3 is 0.783 bits per heavy atom. The molecule has 2 heterocycles. The highest BCUT2D eigenvalue weighted by Crippen LogP contribution is 2.23. The van der Waals surface area contributed by atoms with Crippen LogP contribution >= 0.6 is 0 Å². The highest BCUT2D eigenvalue weighted by molar-refractivity contribution is 5.65. The van der Waals surface area contributed by atoms with Gasteiger partial charge in [0.15, 0.2) is 11.6 Å². The molecule has 310 valence electrons. The molecule has 6 aromatic carbocycles. The number of benzene rings is 6. The first kappa shape index (κ1) is 49.6. The minimum absolute atomic E-state index is 0. The number of aromatic nitrogens is 4. The summed E-state index contributed by atoms with van der Waals surface area (Å²) in [7, 11) is 0. The predicted molar refractivity (Wildman–Crippen MR) is 257 cm³/mol. The van der Waals surface area contributed by atoms with Gasteiger partial charge in [-0.3, -0.25) is 0 Å². The summed E-state index contributed by atoms with van der Waals surface area (Å²) < 4.78 is 13.3. The quantitative estimate of drug-likeness (QED) is 0.178. The van der Waals surface area contributed by atoms with Crippen LogP contribution in [-0.4, -0.2) is 19.9 Å². The summed E-state index contributed by atoms with van der Waals surface area (Å²) in [4.78, 5) is 17.1. The first-order valence-corrected chi connectivity index (χ1v) is 19.1. The number of hydrogen-bond acceptors (Lipinski definition) is 4. The van der Waals surface area contributed by atoms with Crippen molar-refractivity contribution in [3.8, 4) is 45.0 Å². The van der Waals surface area contributed by atoms with E-state index in [1.165, 1.54) is 38.9 Å². The van der Waals surface area contributed by atoms with Crippen molar-refractivity contribution >= 4 is 0 Å². The molecule has 60 heavy (non-hydrogen) atoms. The molecule has 5 heteroatoms. The summed E-state index contributed by atoms with van der Waals surface area (Å²) >= 11 is 0. The summed E-state index contributed by atoms with van der Waals surface area (Å²) in [5.41, 5.74) is 15.9. The van der Waals surface area contributed by atoms with Crippen molar-refractivity contribution in [3.63, 3.8) is 0 Å². The number of halogens is 1. The van der Waals surface area contributed by atoms with Crippen molar-refractivity contribution in [2.75, 3.05) is 0 Å². The molecule has 0 unspecified atom stereocenters. The van der Waals surface area contributed by atoms with Gasteiger partial charge in [-0.15, -0.1) is 0 Å². The van der Waals surface area contributed by atoms with Gasteiger partial charge in [0.05, 0.1) is 0 Å². The Hall–Kier alpha value is -6.59. The van der Waals surface area contributed by atoms with Crippen molar-refractivity contribution in [1.29, 1.82) is 0 Å². The average Bonchev–Trinajstić information content (AvgIpc) is 3.22. The normalized spacial score (nSPS) is 9.68. The molecule has 0 radical (unpaired) electrons. The molecule has 2 aromatic heterocycles. The van der Waals surface area contributed by atoms with Gasteiger partial charge in [-0.2, -0.15) is 0 Å². The minimum Gasteiger partial charge on any atom is -0.236 e. The lowest BCUT2D eigenvalue weighted by atomic mass is 10.0. The summed E-state index contributed by atoms with van der Waals surface area (Å²) in [6, 6.07) is 47.1. The SMILES string of the molecule is C.C.C.Cc1ccc(-c2ccc(C)c(F)c2)cc1.Cc1ccc(-c2ccc(C)cc2)cc1.Cc1ccc(-c2ncc(C)cn2)cc1.Cc1ccc(-c2ncc(C)cn2)cc1. The van der Waals surface area contributed by atoms with Crippen LogP contribution in [0.4, 0.5) is 4.39 Å². The molecule has 0 spiro atoms. The number of aryl methyl sites for hydroxylation is 8. The minimum atomic E-state index is -0.145. The largest absolute Gasteiger partial charge is 0.236 e. The van der Waals surface area contributed by atoms with E-state index in [0.29, 0.717) is 5.56 Å². The molecule has 0 saturated heterocycles. The van der Waals surface area contributed by atoms with E-state index < -0.39 is 0 Å². The zero-order chi connectivity index (χ0) is 40.7. The Labute approximate surface area is 360 Å². The van der Waals surface area contributed by atoms with E-state index in [9.17, 15) is 4.39 Å². The van der Waals surface area contributed by atoms with E-state index in [-0.39, 0.29) is 28.1 Å². The lowest BCUT2D eigenvalue weighted by Crippen LogP contribution is -1.88. The average molecular weight is 799 g/mol. The second kappa shape index (κ2) is 24.4. The van der Waals surface area contributed by atoms with Gasteiger partial charge in [-0.1, -0.05) is 184 Å². The van der Waals surface area contributed by atoms with Gasteiger partial charge in [-0.25, -0.2) is 24.3 Å². The molecule has 4 nitrogen and oxygen atoms in total. The van der Waals surface area contributed by atoms with Crippen LogP contribution in [0.1, 0.15) is 66.8 Å². The molecule has 0 fully saturated rings. The van der Waals surface area contributed by atoms with Crippen LogP contribution in [0.5, 0.6) is 0 Å². The maximum absolute atomic E-state index is 13.3. The van der Waals surface area contributed by atoms with Gasteiger partial charge in [0.2, 0.25) is 0 Å². The third kappa shape index (κ3) is 15.3. The van der Waals surface area contributed by atoms with Crippen LogP contribution in [0, 0.1) is 61.2 Å². The van der Waals surface area contributed by atoms with Crippen LogP contribution < -0.4 is 0 Å². The highest BCUT2D eigenvalue weighted by Gasteiger charge is 2.02. The lowest BCUT2D eigenvalue weighted by molar-refractivity contribution is 0.619. The van der Waals surface area contributed by atoms with Gasteiger partial charge in [0.25, 0.3) is 0 Å². The Kier molecular flexibility index (Phi) is 20.1. The molecular weight excluding hydrogens is 736 g/mol. The summed E-state index contributed by atoms with van der Waals surface area (Å²) in [5, 5.41) is 0. The van der Waals surface area contributed by atoms with Crippen molar-refractivity contribution in [1.82, 2.24) is 19.9 Å². The maximum Gasteiger partial charge on any atom is 0.159 e. The molecule has 0 N–H and O–H groups in total. The molecule has 0 bridgehead atoms. The van der Waals surface area contributed by atoms with E-state index in [1.54, 1.807) is 13.0 Å². The number of rotatable bonds is 4. The number of hydrogen-bond donors (Lipinski definition) is 0. The van der Waals surface area contributed by atoms with E-state index in [1.807, 2.05) is 106 Å². The molecule has 0 atom stereocenters. The molecule has 0 amide bonds. The monoisotopic (exact) mass is 799 g/mol. The van der Waals surface area contributed by atoms with E-state index in [0.717, 1.165) is 45.0 Å². The fourth-order valence-electron chi connectivity index (χ4n) is 5.50. The molecule has 0 aliphatic heterocycles. The molecule has 0 saturated carbocycles. The Balaban J connectivity index is 0.000000271. The van der Waals surface area contributed by atoms with Gasteiger partial charge in [0.1, 0.15) is 5.82 Å². The van der Waals surface area contributed by atoms with Crippen molar-refractivity contribution in [3.05, 3.63) is 215 Å². The third-order valence-electron chi connectivity index (χ3n) is 9.17. The van der Waals surface area contributed by atoms with Crippen molar-refractivity contribution in [2.24, 2.45) is 0 Å². The Morgan fingerprint density at radius 2 is 0.517 bits per heavy atom. The van der Waals surface area contributed by atoms with E-state index in [4.69, 9.17) is 0 Å². The molecule has 0 aliphatic rings. The second-order valence-electron chi connectivity index (χ2n) is 14.5. The first-order valence-electron chi connectivity index (χ1n) is 19.1. The van der Waals surface area contributed by atoms with Crippen LogP contribution in [0.15, 0.2) is 164 Å². The topological polar surface area (TPSA) is 51.6 Å². The second-order valence-corrected chi connectivity index (χ2v) is 14.5. The van der Waals surface area contributed by atoms with Crippen LogP contribution in [0.3, 0.4) is 0 Å². The van der Waals surface area contributed by atoms with Gasteiger partial charge < -0.3 is 0 Å². The van der Waals surface area contributed by atoms with E-state index in [2.05, 4.69) is 120 Å². The first-order chi connectivity index (χ1) is 27.4. The molecular formula is C55H63FN4. The third-order valence-corrected chi connectivity index (χ3v) is 9.17. The zero-order valence-corrected chi connectivity index (χ0v) is 34.3. The summed E-state index contributed by atoms with van der Waals surface area (Å²) in [5.74, 6) is 1.43. The van der Waals surface area contributed by atoms with Crippen LogP contribution in [0.2, 0.25) is 0 Å². The van der Waals surface area contributed by atoms with Crippen LogP contribution in [0.25, 0.3) is 45.0 Å². The molecule has 8 rings (SSSR count). The summed E-state index contributed by atoms with van der Waals surface area (Å²) in [6.07, 6.45) is 7.34. The molecule has 8 aromatic rings. The predicted octanol–water partition coefficient (Wildman–Crippen LogP) is 15.5. The highest BCUT2D eigenvalue weighted by atomic mass is 19.1. The smallest absolute Gasteiger partial charge is 0.159 e. The van der Waals surface area contributed by atoms with Gasteiger partial charge in [-0.05, 0) is 100 Å². The van der Waals surface area contributed by atoms with Gasteiger partial charge >= 0.3 is 0 Å². The Morgan fingerprint density at radius 1 is 0.283 bits per heavy atom. The van der Waals surface area contributed by atoms with Gasteiger partial charge in [0, 0.05) is 35.9 Å². The van der Waals surface area contributed by atoms with Crippen molar-refractivity contribution in [2.45, 2.75) is 77.7 Å². The number of nitrogens with zero attached hydrogens (tertiary/aromatic N) is 4. The standard InChI is InChI=1S/C14H13F.C14H14.2C12H12N2.3CH4/c1-10-3-6-12(7-4-10)13-8-5-11(2)14(15)9-13;1-11-3-7-13(8-4-11)14-9-5-12(2)6-10-14;2*1-9-3-5-11(6-4-9)12-13-7-10(2)8-14-12;;;/h3-9H,1-2H3;3-10H,1-2H3;2*3-8H,1-2H3;3*1H4. The zero-order valence-electron chi connectivity index (χ0n) is 34.3. The summed E-state index contributed by atoms with van der Waals surface area (Å²) in [6.45, 7) is 16.1.